The topological polar surface area (TPSA) is 85.0 Å². The fraction of sp³-hybridized carbons (Fsp3) is 0.833. The lowest BCUT2D eigenvalue weighted by Gasteiger charge is -2.08. The summed E-state index contributed by atoms with van der Waals surface area (Å²) in [4.78, 5) is 9.41. The molecule has 0 aromatic heterocycles. The van der Waals surface area contributed by atoms with Gasteiger partial charge in [-0.2, -0.15) is 0 Å². The minimum Gasteiger partial charge on any atom is -0.554 e. The normalized spacial score (nSPS) is 8.73. The summed E-state index contributed by atoms with van der Waals surface area (Å²) in [6, 6.07) is 0. The zero-order valence-electron chi connectivity index (χ0n) is 6.62. The summed E-state index contributed by atoms with van der Waals surface area (Å²) in [6.45, 7) is 1.35. The van der Waals surface area contributed by atoms with Crippen molar-refractivity contribution in [2.24, 2.45) is 0 Å². The second-order valence-corrected chi connectivity index (χ2v) is 2.00. The maximum atomic E-state index is 8.36. The van der Waals surface area contributed by atoms with E-state index in [4.69, 9.17) is 20.1 Å². The van der Waals surface area contributed by atoms with E-state index in [2.05, 4.69) is 0 Å². The third kappa shape index (κ3) is 17.6. The largest absolute Gasteiger partial charge is 0.554 e. The van der Waals surface area contributed by atoms with E-state index >= 15 is 0 Å². The fourth-order valence-electron chi connectivity index (χ4n) is 0.507. The van der Waals surface area contributed by atoms with Crippen molar-refractivity contribution in [2.45, 2.75) is 0 Å². The molecular weight excluding hydrogens is 150 g/mol. The van der Waals surface area contributed by atoms with Crippen molar-refractivity contribution in [2.75, 3.05) is 33.4 Å². The highest BCUT2D eigenvalue weighted by Gasteiger charge is 1.95. The average Bonchev–Trinajstić information content (AvgIpc) is 1.90. The minimum absolute atomic E-state index is 0.200. The van der Waals surface area contributed by atoms with Crippen LogP contribution in [0.5, 0.6) is 0 Å². The van der Waals surface area contributed by atoms with Crippen molar-refractivity contribution >= 4 is 6.47 Å². The Morgan fingerprint density at radius 3 is 1.82 bits per heavy atom. The monoisotopic (exact) mass is 165 g/mol. The molecule has 0 radical (unpaired) electrons. The first-order valence-electron chi connectivity index (χ1n) is 3.31. The third-order valence-corrected chi connectivity index (χ3v) is 1.08. The van der Waals surface area contributed by atoms with Gasteiger partial charge in [0.25, 0.3) is 0 Å². The van der Waals surface area contributed by atoms with Gasteiger partial charge in [0.2, 0.25) is 0 Å². The van der Waals surface area contributed by atoms with Crippen LogP contribution in [0.3, 0.4) is 0 Å². The highest BCUT2D eigenvalue weighted by atomic mass is 16.3. The number of hydrogen-bond acceptors (Lipinski definition) is 4. The Bertz CT molecular complexity index is 73.0. The zero-order valence-corrected chi connectivity index (χ0v) is 6.62. The molecule has 3 N–H and O–H groups in total. The van der Waals surface area contributed by atoms with Gasteiger partial charge in [-0.15, -0.1) is 0 Å². The number of nitrogens with one attached hydrogen (secondary N) is 1. The highest BCUT2D eigenvalue weighted by molar-refractivity contribution is 5.29. The molecule has 0 heterocycles. The first-order chi connectivity index (χ1) is 5.22. The van der Waals surface area contributed by atoms with E-state index in [1.807, 2.05) is 7.05 Å². The first-order valence-corrected chi connectivity index (χ1v) is 3.31. The van der Waals surface area contributed by atoms with E-state index in [0.717, 1.165) is 18.0 Å². The molecule has 0 saturated carbocycles. The third-order valence-electron chi connectivity index (χ3n) is 1.08. The van der Waals surface area contributed by atoms with Crippen LogP contribution >= 0.6 is 0 Å². The first kappa shape index (κ1) is 13.0. The van der Waals surface area contributed by atoms with Crippen LogP contribution in [-0.2, 0) is 4.79 Å². The maximum Gasteiger partial charge on any atom is 0.100 e. The van der Waals surface area contributed by atoms with Gasteiger partial charge in [0.05, 0.1) is 20.3 Å². The Morgan fingerprint density at radius 2 is 1.64 bits per heavy atom. The van der Waals surface area contributed by atoms with Crippen molar-refractivity contribution in [3.8, 4) is 0 Å². The molecule has 0 rings (SSSR count). The fourth-order valence-corrected chi connectivity index (χ4v) is 0.507. The number of aliphatic hydroxyl groups excluding tert-OH is 2. The van der Waals surface area contributed by atoms with Gasteiger partial charge in [0.1, 0.15) is 13.1 Å². The Labute approximate surface area is 65.9 Å². The quantitative estimate of drug-likeness (QED) is 0.369. The number of rotatable bonds is 4. The lowest BCUT2D eigenvalue weighted by molar-refractivity contribution is -0.880. The van der Waals surface area contributed by atoms with Crippen LogP contribution < -0.4 is 10.0 Å². The molecule has 0 aromatic rings. The molecule has 0 saturated heterocycles. The summed E-state index contributed by atoms with van der Waals surface area (Å²) in [5.41, 5.74) is 0. The molecule has 0 spiro atoms. The number of hydrogen-bond donors (Lipinski definition) is 3. The van der Waals surface area contributed by atoms with Crippen molar-refractivity contribution in [1.82, 2.24) is 0 Å². The smallest absolute Gasteiger partial charge is 0.100 e. The van der Waals surface area contributed by atoms with E-state index in [1.54, 1.807) is 0 Å². The van der Waals surface area contributed by atoms with Gasteiger partial charge in [0.15, 0.2) is 0 Å². The standard InChI is InChI=1S/C5H13NO2.CH2O2/c1-6(2-4-7)3-5-8;2-1-3/h7-8H,2-5H2,1H3;1H,(H,2,3). The second-order valence-electron chi connectivity index (χ2n) is 2.00. The van der Waals surface area contributed by atoms with E-state index < -0.39 is 6.47 Å². The van der Waals surface area contributed by atoms with E-state index in [-0.39, 0.29) is 13.2 Å². The molecule has 0 amide bonds. The van der Waals surface area contributed by atoms with Gasteiger partial charge in [-0.25, -0.2) is 0 Å². The highest BCUT2D eigenvalue weighted by Crippen LogP contribution is 1.45. The van der Waals surface area contributed by atoms with Gasteiger partial charge >= 0.3 is 0 Å². The lowest BCUT2D eigenvalue weighted by Crippen LogP contribution is -3.10. The van der Waals surface area contributed by atoms with Crippen LogP contribution in [0.1, 0.15) is 0 Å². The Hall–Kier alpha value is -0.650. The molecule has 0 aliphatic carbocycles. The van der Waals surface area contributed by atoms with E-state index in [1.165, 1.54) is 0 Å². The Morgan fingerprint density at radius 1 is 1.36 bits per heavy atom. The molecule has 0 unspecified atom stereocenters. The molecular formula is C6H15NO4. The minimum atomic E-state index is -0.500. The van der Waals surface area contributed by atoms with Crippen molar-refractivity contribution in [1.29, 1.82) is 0 Å². The van der Waals surface area contributed by atoms with Crippen LogP contribution in [0.4, 0.5) is 0 Å². The van der Waals surface area contributed by atoms with Gasteiger partial charge in [-0.3, -0.25) is 0 Å². The molecule has 0 aliphatic heterocycles. The van der Waals surface area contributed by atoms with Crippen molar-refractivity contribution < 1.29 is 25.0 Å². The number of carbonyl (C=O) groups is 1. The summed E-state index contributed by atoms with van der Waals surface area (Å²) in [7, 11) is 1.94. The Balaban J connectivity index is 0. The molecule has 0 aromatic carbocycles. The average molecular weight is 165 g/mol. The summed E-state index contributed by atoms with van der Waals surface area (Å²) in [6.07, 6.45) is 0. The maximum absolute atomic E-state index is 8.36. The van der Waals surface area contributed by atoms with Crippen LogP contribution in [0.15, 0.2) is 0 Å². The SMILES string of the molecule is C[NH+](CCO)CCO.O=C[O-]. The lowest BCUT2D eigenvalue weighted by atomic mass is 10.5. The van der Waals surface area contributed by atoms with Crippen molar-refractivity contribution in [3.05, 3.63) is 0 Å². The molecule has 0 bridgehead atoms. The molecule has 68 valence electrons. The molecule has 11 heavy (non-hydrogen) atoms. The molecule has 5 nitrogen and oxygen atoms in total. The predicted molar refractivity (Wildman–Crippen MR) is 36.9 cm³/mol. The van der Waals surface area contributed by atoms with Crippen LogP contribution in [0.2, 0.25) is 0 Å². The van der Waals surface area contributed by atoms with Gasteiger partial charge in [-0.1, -0.05) is 0 Å². The van der Waals surface area contributed by atoms with E-state index in [9.17, 15) is 0 Å². The van der Waals surface area contributed by atoms with Crippen molar-refractivity contribution in [3.63, 3.8) is 0 Å². The summed E-state index contributed by atoms with van der Waals surface area (Å²) in [5.74, 6) is 0. The second kappa shape index (κ2) is 12.1. The summed E-state index contributed by atoms with van der Waals surface area (Å²) in [5, 5.41) is 25.0. The van der Waals surface area contributed by atoms with Gasteiger partial charge in [-0.05, 0) is 0 Å². The van der Waals surface area contributed by atoms with Crippen LogP contribution in [0, 0.1) is 0 Å². The van der Waals surface area contributed by atoms with Crippen LogP contribution in [0.25, 0.3) is 0 Å². The summed E-state index contributed by atoms with van der Waals surface area (Å²) >= 11 is 0. The number of carboxylic acid groups (broad SMARTS) is 1. The predicted octanol–water partition coefficient (Wildman–Crippen LogP) is -4.15. The number of likely N-dealkylation sites (N-methyl/N-ethyl adjacent to an activating group) is 1. The van der Waals surface area contributed by atoms with Gasteiger partial charge in [0, 0.05) is 6.47 Å². The molecule has 0 fully saturated rings. The van der Waals surface area contributed by atoms with Gasteiger partial charge < -0.3 is 25.0 Å². The zero-order chi connectivity index (χ0) is 9.11. The number of aliphatic hydroxyl groups is 2. The van der Waals surface area contributed by atoms with Crippen LogP contribution in [-0.4, -0.2) is 50.0 Å². The van der Waals surface area contributed by atoms with E-state index in [0.29, 0.717) is 0 Å². The summed E-state index contributed by atoms with van der Waals surface area (Å²) < 4.78 is 0. The Kier molecular flexibility index (Phi) is 14.2. The molecule has 0 aliphatic rings. The number of carbonyl (C=O) groups excluding carboxylic acids is 1. The number of quaternary nitrogens is 1. The molecule has 0 atom stereocenters. The molecule has 5 heteroatoms.